The maximum atomic E-state index is 12.5. The van der Waals surface area contributed by atoms with Gasteiger partial charge >= 0.3 is 0 Å². The molecular weight excluding hydrogens is 210 g/mol. The highest BCUT2D eigenvalue weighted by Crippen LogP contribution is 2.18. The van der Waals surface area contributed by atoms with Gasteiger partial charge in [-0.15, -0.1) is 12.4 Å². The molecule has 0 aromatic heterocycles. The first kappa shape index (κ1) is 14.1. The molecule has 0 atom stereocenters. The van der Waals surface area contributed by atoms with Crippen LogP contribution in [0.2, 0.25) is 0 Å². The van der Waals surface area contributed by atoms with E-state index in [4.69, 9.17) is 5.73 Å². The Kier molecular flexibility index (Phi) is 5.86. The molecule has 1 saturated carbocycles. The molecule has 14 heavy (non-hydrogen) atoms. The Balaban J connectivity index is 0.00000169. The van der Waals surface area contributed by atoms with E-state index in [0.29, 0.717) is 0 Å². The summed E-state index contributed by atoms with van der Waals surface area (Å²) in [5, 5.41) is 2.88. The first-order valence-electron chi connectivity index (χ1n) is 4.84. The lowest BCUT2D eigenvalue weighted by molar-refractivity contribution is 0.0185. The maximum absolute atomic E-state index is 12.5. The van der Waals surface area contributed by atoms with Crippen molar-refractivity contribution >= 4 is 12.4 Å². The maximum Gasteiger partial charge on any atom is 0.257 e. The summed E-state index contributed by atoms with van der Waals surface area (Å²) in [6.45, 7) is 0.724. The highest BCUT2D eigenvalue weighted by molar-refractivity contribution is 5.85. The molecule has 0 aliphatic heterocycles. The van der Waals surface area contributed by atoms with Crippen molar-refractivity contribution in [1.82, 2.24) is 5.32 Å². The molecule has 1 fully saturated rings. The molecule has 0 unspecified atom stereocenters. The fourth-order valence-electron chi connectivity index (χ4n) is 1.65. The van der Waals surface area contributed by atoms with Crippen molar-refractivity contribution in [3.8, 4) is 0 Å². The summed E-state index contributed by atoms with van der Waals surface area (Å²) in [4.78, 5) is 0. The minimum absolute atomic E-state index is 0. The van der Waals surface area contributed by atoms with Gasteiger partial charge in [-0.25, -0.2) is 8.78 Å². The molecule has 0 aromatic carbocycles. The van der Waals surface area contributed by atoms with Crippen molar-refractivity contribution in [3.63, 3.8) is 0 Å². The number of rotatable bonds is 3. The Morgan fingerprint density at radius 1 is 1.29 bits per heavy atom. The van der Waals surface area contributed by atoms with Crippen molar-refractivity contribution in [2.45, 2.75) is 50.6 Å². The lowest BCUT2D eigenvalue weighted by Crippen LogP contribution is -2.41. The van der Waals surface area contributed by atoms with Crippen LogP contribution < -0.4 is 11.1 Å². The Morgan fingerprint density at radius 2 is 1.79 bits per heavy atom. The molecule has 3 N–H and O–H groups in total. The predicted molar refractivity (Wildman–Crippen MR) is 56.1 cm³/mol. The number of nitrogens with one attached hydrogen (secondary N) is 1. The average molecular weight is 229 g/mol. The van der Waals surface area contributed by atoms with E-state index in [2.05, 4.69) is 5.32 Å². The zero-order chi connectivity index (χ0) is 9.90. The molecule has 0 spiro atoms. The molecule has 2 nitrogen and oxygen atoms in total. The standard InChI is InChI=1S/C9H18F2N2.ClH/c1-9(10,11)6-13-8-4-2-7(12)3-5-8;/h7-8,13H,2-6,12H2,1H3;1H. The second-order valence-corrected chi connectivity index (χ2v) is 4.06. The van der Waals surface area contributed by atoms with Crippen molar-refractivity contribution in [1.29, 1.82) is 0 Å². The zero-order valence-electron chi connectivity index (χ0n) is 8.43. The van der Waals surface area contributed by atoms with Crippen LogP contribution in [-0.4, -0.2) is 24.6 Å². The summed E-state index contributed by atoms with van der Waals surface area (Å²) in [7, 11) is 0. The third-order valence-corrected chi connectivity index (χ3v) is 2.47. The zero-order valence-corrected chi connectivity index (χ0v) is 9.25. The van der Waals surface area contributed by atoms with Crippen molar-refractivity contribution in [2.75, 3.05) is 6.54 Å². The third kappa shape index (κ3) is 5.73. The minimum atomic E-state index is -2.60. The van der Waals surface area contributed by atoms with Gasteiger partial charge in [0.1, 0.15) is 0 Å². The van der Waals surface area contributed by atoms with E-state index in [1.54, 1.807) is 0 Å². The SMILES string of the molecule is CC(F)(F)CNC1CCC(N)CC1.Cl. The fourth-order valence-corrected chi connectivity index (χ4v) is 1.65. The van der Waals surface area contributed by atoms with Gasteiger partial charge in [0.2, 0.25) is 0 Å². The monoisotopic (exact) mass is 228 g/mol. The van der Waals surface area contributed by atoms with E-state index in [0.717, 1.165) is 32.6 Å². The Morgan fingerprint density at radius 3 is 2.21 bits per heavy atom. The largest absolute Gasteiger partial charge is 0.328 e. The summed E-state index contributed by atoms with van der Waals surface area (Å²) in [5.74, 6) is -2.60. The molecular formula is C9H19ClF2N2. The minimum Gasteiger partial charge on any atom is -0.328 e. The van der Waals surface area contributed by atoms with Crippen molar-refractivity contribution in [3.05, 3.63) is 0 Å². The van der Waals surface area contributed by atoms with E-state index in [1.165, 1.54) is 0 Å². The van der Waals surface area contributed by atoms with Gasteiger partial charge in [0.05, 0.1) is 6.54 Å². The molecule has 1 aliphatic rings. The third-order valence-electron chi connectivity index (χ3n) is 2.47. The number of hydrogen-bond acceptors (Lipinski definition) is 2. The molecule has 0 bridgehead atoms. The topological polar surface area (TPSA) is 38.0 Å². The number of hydrogen-bond donors (Lipinski definition) is 2. The fraction of sp³-hybridized carbons (Fsp3) is 1.00. The first-order chi connectivity index (χ1) is 5.97. The summed E-state index contributed by atoms with van der Waals surface area (Å²) in [5.41, 5.74) is 5.70. The van der Waals surface area contributed by atoms with E-state index in [-0.39, 0.29) is 31.0 Å². The van der Waals surface area contributed by atoms with Crippen molar-refractivity contribution < 1.29 is 8.78 Å². The highest BCUT2D eigenvalue weighted by Gasteiger charge is 2.24. The molecule has 1 aliphatic carbocycles. The van der Waals surface area contributed by atoms with Gasteiger partial charge in [0, 0.05) is 19.0 Å². The summed E-state index contributed by atoms with van der Waals surface area (Å²) < 4.78 is 24.9. The van der Waals surface area contributed by atoms with Gasteiger partial charge in [0.25, 0.3) is 5.92 Å². The van der Waals surface area contributed by atoms with E-state index < -0.39 is 5.92 Å². The summed E-state index contributed by atoms with van der Waals surface area (Å²) in [6, 6.07) is 0.519. The number of alkyl halides is 2. The Labute approximate surface area is 90.0 Å². The van der Waals surface area contributed by atoms with E-state index >= 15 is 0 Å². The summed E-state index contributed by atoms with van der Waals surface area (Å²) in [6.07, 6.45) is 3.76. The molecule has 5 heteroatoms. The van der Waals surface area contributed by atoms with Crippen LogP contribution in [-0.2, 0) is 0 Å². The molecule has 0 aromatic rings. The molecule has 0 saturated heterocycles. The van der Waals surface area contributed by atoms with Crippen LogP contribution in [0, 0.1) is 0 Å². The van der Waals surface area contributed by atoms with Gasteiger partial charge < -0.3 is 11.1 Å². The Bertz CT molecular complexity index is 153. The van der Waals surface area contributed by atoms with Gasteiger partial charge in [-0.2, -0.15) is 0 Å². The second-order valence-electron chi connectivity index (χ2n) is 4.06. The normalized spacial score (nSPS) is 28.3. The lowest BCUT2D eigenvalue weighted by atomic mass is 9.92. The molecule has 0 amide bonds. The number of halogens is 3. The molecule has 0 heterocycles. The lowest BCUT2D eigenvalue weighted by Gasteiger charge is -2.27. The van der Waals surface area contributed by atoms with E-state index in [1.807, 2.05) is 0 Å². The molecule has 0 radical (unpaired) electrons. The van der Waals surface area contributed by atoms with Crippen LogP contribution in [0.1, 0.15) is 32.6 Å². The highest BCUT2D eigenvalue weighted by atomic mass is 35.5. The van der Waals surface area contributed by atoms with Gasteiger partial charge in [-0.1, -0.05) is 0 Å². The van der Waals surface area contributed by atoms with Crippen LogP contribution in [0.25, 0.3) is 0 Å². The van der Waals surface area contributed by atoms with Gasteiger partial charge in [-0.3, -0.25) is 0 Å². The van der Waals surface area contributed by atoms with Crippen LogP contribution >= 0.6 is 12.4 Å². The van der Waals surface area contributed by atoms with Crippen LogP contribution in [0.3, 0.4) is 0 Å². The van der Waals surface area contributed by atoms with Gasteiger partial charge in [0.15, 0.2) is 0 Å². The van der Waals surface area contributed by atoms with Gasteiger partial charge in [-0.05, 0) is 25.7 Å². The van der Waals surface area contributed by atoms with Crippen LogP contribution in [0.4, 0.5) is 8.78 Å². The summed E-state index contributed by atoms with van der Waals surface area (Å²) >= 11 is 0. The van der Waals surface area contributed by atoms with E-state index in [9.17, 15) is 8.78 Å². The smallest absolute Gasteiger partial charge is 0.257 e. The van der Waals surface area contributed by atoms with Crippen LogP contribution in [0.5, 0.6) is 0 Å². The molecule has 1 rings (SSSR count). The second kappa shape index (κ2) is 5.83. The van der Waals surface area contributed by atoms with Crippen LogP contribution in [0.15, 0.2) is 0 Å². The number of nitrogens with two attached hydrogens (primary N) is 1. The molecule has 86 valence electrons. The predicted octanol–water partition coefficient (Wildman–Crippen LogP) is 1.92. The quantitative estimate of drug-likeness (QED) is 0.775. The van der Waals surface area contributed by atoms with Crippen molar-refractivity contribution in [2.24, 2.45) is 5.73 Å². The first-order valence-corrected chi connectivity index (χ1v) is 4.84. The average Bonchev–Trinajstić information content (AvgIpc) is 2.02. The Hall–Kier alpha value is 0.0700.